The molecule has 1 aliphatic heterocycles. The fraction of sp³-hybridized carbons (Fsp3) is 0.304. The number of nitrogens with one attached hydrogen (secondary N) is 1. The smallest absolute Gasteiger partial charge is 0.228 e. The first-order valence-electron chi connectivity index (χ1n) is 9.69. The molecule has 1 unspecified atom stereocenters. The van der Waals surface area contributed by atoms with E-state index in [1.165, 1.54) is 5.56 Å². The summed E-state index contributed by atoms with van der Waals surface area (Å²) in [5.41, 5.74) is 3.05. The summed E-state index contributed by atoms with van der Waals surface area (Å²) in [5.74, 6) is 0.389. The minimum absolute atomic E-state index is 0.0259. The minimum Gasteiger partial charge on any atom is -0.346 e. The van der Waals surface area contributed by atoms with E-state index in [-0.39, 0.29) is 30.1 Å². The average molecular weight is 374 g/mol. The lowest BCUT2D eigenvalue weighted by molar-refractivity contribution is -0.117. The summed E-state index contributed by atoms with van der Waals surface area (Å²) >= 11 is 0. The Bertz CT molecular complexity index is 1020. The second-order valence-corrected chi connectivity index (χ2v) is 7.65. The van der Waals surface area contributed by atoms with E-state index >= 15 is 0 Å². The highest BCUT2D eigenvalue weighted by atomic mass is 16.7. The van der Waals surface area contributed by atoms with Gasteiger partial charge in [-0.2, -0.15) is 0 Å². The molecular weight excluding hydrogens is 352 g/mol. The molecule has 1 aromatic heterocycles. The zero-order valence-corrected chi connectivity index (χ0v) is 15.7. The summed E-state index contributed by atoms with van der Waals surface area (Å²) in [7, 11) is 0. The molecule has 28 heavy (non-hydrogen) atoms. The Hall–Kier alpha value is -2.76. The van der Waals surface area contributed by atoms with Crippen LogP contribution in [-0.2, 0) is 14.3 Å². The van der Waals surface area contributed by atoms with E-state index in [1.54, 1.807) is 6.20 Å². The van der Waals surface area contributed by atoms with Gasteiger partial charge in [0.1, 0.15) is 0 Å². The number of hydrogen-bond donors (Lipinski definition) is 1. The van der Waals surface area contributed by atoms with Crippen LogP contribution in [0.3, 0.4) is 0 Å². The number of hydrogen-bond acceptors (Lipinski definition) is 4. The molecule has 5 heteroatoms. The lowest BCUT2D eigenvalue weighted by Crippen LogP contribution is -2.14. The van der Waals surface area contributed by atoms with E-state index in [9.17, 15) is 4.79 Å². The number of rotatable bonds is 4. The number of pyridine rings is 1. The second kappa shape index (κ2) is 7.00. The summed E-state index contributed by atoms with van der Waals surface area (Å²) in [6, 6.07) is 16.1. The van der Waals surface area contributed by atoms with Crippen molar-refractivity contribution >= 4 is 22.4 Å². The Labute approximate surface area is 163 Å². The SMILES string of the molecule is C[C@H]1COC(c2ccc([C@@H]3C[C@H]3C(=O)Nc3ccc4cnccc4c3)cc2)O1. The van der Waals surface area contributed by atoms with Gasteiger partial charge in [-0.3, -0.25) is 9.78 Å². The molecule has 2 heterocycles. The van der Waals surface area contributed by atoms with Gasteiger partial charge in [-0.05, 0) is 48.4 Å². The molecular formula is C23H22N2O3. The molecule has 142 valence electrons. The molecule has 5 nitrogen and oxygen atoms in total. The van der Waals surface area contributed by atoms with E-state index in [2.05, 4.69) is 22.4 Å². The van der Waals surface area contributed by atoms with Gasteiger partial charge in [0.25, 0.3) is 0 Å². The van der Waals surface area contributed by atoms with Crippen molar-refractivity contribution in [2.75, 3.05) is 11.9 Å². The lowest BCUT2D eigenvalue weighted by atomic mass is 10.1. The van der Waals surface area contributed by atoms with Crippen molar-refractivity contribution in [2.45, 2.75) is 31.7 Å². The summed E-state index contributed by atoms with van der Waals surface area (Å²) in [5, 5.41) is 5.19. The third-order valence-corrected chi connectivity index (χ3v) is 5.51. The molecule has 1 aliphatic carbocycles. The van der Waals surface area contributed by atoms with Crippen molar-refractivity contribution in [1.29, 1.82) is 0 Å². The minimum atomic E-state index is -0.273. The van der Waals surface area contributed by atoms with Gasteiger partial charge in [-0.15, -0.1) is 0 Å². The summed E-state index contributed by atoms with van der Waals surface area (Å²) in [6.45, 7) is 2.64. The van der Waals surface area contributed by atoms with E-state index < -0.39 is 0 Å². The summed E-state index contributed by atoms with van der Waals surface area (Å²) < 4.78 is 11.4. The van der Waals surface area contributed by atoms with Crippen molar-refractivity contribution in [3.63, 3.8) is 0 Å². The number of nitrogens with zero attached hydrogens (tertiary/aromatic N) is 1. The van der Waals surface area contributed by atoms with Crippen LogP contribution in [0.5, 0.6) is 0 Å². The Morgan fingerprint density at radius 2 is 1.89 bits per heavy atom. The molecule has 1 saturated heterocycles. The highest BCUT2D eigenvalue weighted by Gasteiger charge is 2.44. The maximum Gasteiger partial charge on any atom is 0.228 e. The van der Waals surface area contributed by atoms with Crippen molar-refractivity contribution < 1.29 is 14.3 Å². The highest BCUT2D eigenvalue weighted by Crippen LogP contribution is 2.48. The predicted octanol–water partition coefficient (Wildman–Crippen LogP) is 4.41. The van der Waals surface area contributed by atoms with Gasteiger partial charge in [0, 0.05) is 34.9 Å². The number of carbonyl (C=O) groups excluding carboxylic acids is 1. The normalized spacial score (nSPS) is 26.3. The standard InChI is InChI=1S/C23H22N2O3/c1-14-13-27-23(28-14)16-4-2-15(3-5-16)20-11-21(20)22(26)25-19-7-6-18-12-24-9-8-17(18)10-19/h2-10,12,14,20-21,23H,11,13H2,1H3,(H,25,26)/t14-,20-,21+,23?/m0/s1. The number of benzene rings is 2. The molecule has 1 amide bonds. The van der Waals surface area contributed by atoms with Gasteiger partial charge in [-0.1, -0.05) is 30.3 Å². The van der Waals surface area contributed by atoms with Gasteiger partial charge in [0.05, 0.1) is 12.7 Å². The Kier molecular flexibility index (Phi) is 4.34. The Morgan fingerprint density at radius 1 is 1.07 bits per heavy atom. The Balaban J connectivity index is 1.23. The molecule has 0 bridgehead atoms. The van der Waals surface area contributed by atoms with E-state index in [0.717, 1.165) is 28.4 Å². The van der Waals surface area contributed by atoms with Crippen molar-refractivity contribution in [3.8, 4) is 0 Å². The quantitative estimate of drug-likeness (QED) is 0.735. The zero-order chi connectivity index (χ0) is 19.1. The van der Waals surface area contributed by atoms with Crippen LogP contribution in [0.4, 0.5) is 5.69 Å². The first-order chi connectivity index (χ1) is 13.7. The molecule has 2 aliphatic rings. The molecule has 4 atom stereocenters. The molecule has 0 radical (unpaired) electrons. The fourth-order valence-electron chi connectivity index (χ4n) is 3.84. The van der Waals surface area contributed by atoms with Gasteiger partial charge >= 0.3 is 0 Å². The largest absolute Gasteiger partial charge is 0.346 e. The highest BCUT2D eigenvalue weighted by molar-refractivity contribution is 5.97. The van der Waals surface area contributed by atoms with Crippen LogP contribution in [0.1, 0.15) is 36.7 Å². The van der Waals surface area contributed by atoms with E-state index in [0.29, 0.717) is 6.61 Å². The number of aromatic nitrogens is 1. The van der Waals surface area contributed by atoms with Crippen LogP contribution >= 0.6 is 0 Å². The third kappa shape index (κ3) is 3.39. The summed E-state index contributed by atoms with van der Waals surface area (Å²) in [6.07, 6.45) is 4.33. The summed E-state index contributed by atoms with van der Waals surface area (Å²) in [4.78, 5) is 16.8. The van der Waals surface area contributed by atoms with Crippen molar-refractivity contribution in [1.82, 2.24) is 4.98 Å². The molecule has 5 rings (SSSR count). The van der Waals surface area contributed by atoms with Gasteiger partial charge < -0.3 is 14.8 Å². The number of ether oxygens (including phenoxy) is 2. The second-order valence-electron chi connectivity index (χ2n) is 7.65. The van der Waals surface area contributed by atoms with E-state index in [1.807, 2.05) is 49.5 Å². The number of anilines is 1. The topological polar surface area (TPSA) is 60.5 Å². The van der Waals surface area contributed by atoms with Crippen LogP contribution in [0.2, 0.25) is 0 Å². The van der Waals surface area contributed by atoms with Crippen molar-refractivity contribution in [2.24, 2.45) is 5.92 Å². The Morgan fingerprint density at radius 3 is 2.68 bits per heavy atom. The number of fused-ring (bicyclic) bond motifs is 1. The van der Waals surface area contributed by atoms with Crippen LogP contribution in [-0.4, -0.2) is 23.6 Å². The third-order valence-electron chi connectivity index (χ3n) is 5.51. The molecule has 2 aromatic carbocycles. The number of carbonyl (C=O) groups is 1. The predicted molar refractivity (Wildman–Crippen MR) is 107 cm³/mol. The first kappa shape index (κ1) is 17.3. The van der Waals surface area contributed by atoms with Crippen LogP contribution < -0.4 is 5.32 Å². The zero-order valence-electron chi connectivity index (χ0n) is 15.7. The first-order valence-corrected chi connectivity index (χ1v) is 9.69. The maximum absolute atomic E-state index is 12.6. The molecule has 2 fully saturated rings. The van der Waals surface area contributed by atoms with Crippen molar-refractivity contribution in [3.05, 3.63) is 72.1 Å². The van der Waals surface area contributed by atoms with Crippen LogP contribution in [0, 0.1) is 5.92 Å². The molecule has 1 N–H and O–H groups in total. The average Bonchev–Trinajstić information content (AvgIpc) is 3.42. The molecule has 1 saturated carbocycles. The lowest BCUT2D eigenvalue weighted by Gasteiger charge is -2.11. The van der Waals surface area contributed by atoms with Gasteiger partial charge in [-0.25, -0.2) is 0 Å². The monoisotopic (exact) mass is 374 g/mol. The molecule has 0 spiro atoms. The fourth-order valence-corrected chi connectivity index (χ4v) is 3.84. The molecule has 3 aromatic rings. The maximum atomic E-state index is 12.6. The van der Waals surface area contributed by atoms with E-state index in [4.69, 9.17) is 9.47 Å². The van der Waals surface area contributed by atoms with Gasteiger partial charge in [0.15, 0.2) is 6.29 Å². The number of amides is 1. The van der Waals surface area contributed by atoms with Crippen LogP contribution in [0.15, 0.2) is 60.9 Å². The van der Waals surface area contributed by atoms with Gasteiger partial charge in [0.2, 0.25) is 5.91 Å². The van der Waals surface area contributed by atoms with Crippen LogP contribution in [0.25, 0.3) is 10.8 Å².